The zero-order chi connectivity index (χ0) is 17.6. The SMILES string of the molecule is CCn1c(=O)c(=O)n(Cc2cc(C)nnc2C2CC2)c2ccccc21. The molecule has 2 heterocycles. The Morgan fingerprint density at radius 2 is 1.68 bits per heavy atom. The van der Waals surface area contributed by atoms with Crippen LogP contribution in [0.15, 0.2) is 39.9 Å². The first-order chi connectivity index (χ1) is 12.1. The highest BCUT2D eigenvalue weighted by atomic mass is 16.2. The molecule has 1 aliphatic rings. The van der Waals surface area contributed by atoms with Gasteiger partial charge < -0.3 is 4.57 Å². The van der Waals surface area contributed by atoms with Crippen molar-refractivity contribution in [1.29, 1.82) is 0 Å². The first kappa shape index (κ1) is 15.7. The van der Waals surface area contributed by atoms with E-state index in [1.165, 1.54) is 4.57 Å². The highest BCUT2D eigenvalue weighted by Gasteiger charge is 2.28. The van der Waals surface area contributed by atoms with Crippen molar-refractivity contribution in [3.05, 3.63) is 68.0 Å². The van der Waals surface area contributed by atoms with E-state index in [4.69, 9.17) is 0 Å². The Balaban J connectivity index is 1.94. The van der Waals surface area contributed by atoms with Gasteiger partial charge in [0.2, 0.25) is 0 Å². The van der Waals surface area contributed by atoms with Crippen LogP contribution < -0.4 is 11.1 Å². The highest BCUT2D eigenvalue weighted by molar-refractivity contribution is 5.75. The van der Waals surface area contributed by atoms with Gasteiger partial charge in [-0.05, 0) is 50.5 Å². The fourth-order valence-corrected chi connectivity index (χ4v) is 3.39. The van der Waals surface area contributed by atoms with Gasteiger partial charge in [-0.1, -0.05) is 12.1 Å². The third-order valence-electron chi connectivity index (χ3n) is 4.77. The molecule has 0 spiro atoms. The Kier molecular flexibility index (Phi) is 3.75. The molecule has 128 valence electrons. The summed E-state index contributed by atoms with van der Waals surface area (Å²) < 4.78 is 3.11. The Bertz CT molecular complexity index is 1080. The summed E-state index contributed by atoms with van der Waals surface area (Å²) in [7, 11) is 0. The van der Waals surface area contributed by atoms with Gasteiger partial charge >= 0.3 is 11.1 Å². The van der Waals surface area contributed by atoms with Crippen molar-refractivity contribution in [2.75, 3.05) is 0 Å². The minimum atomic E-state index is -0.489. The summed E-state index contributed by atoms with van der Waals surface area (Å²) in [5.74, 6) is 0.432. The van der Waals surface area contributed by atoms with E-state index in [0.29, 0.717) is 19.0 Å². The average Bonchev–Trinajstić information content (AvgIpc) is 3.44. The number of hydrogen-bond donors (Lipinski definition) is 0. The van der Waals surface area contributed by atoms with Crippen molar-refractivity contribution >= 4 is 11.0 Å². The van der Waals surface area contributed by atoms with Crippen LogP contribution >= 0.6 is 0 Å². The normalized spacial score (nSPS) is 14.2. The zero-order valence-corrected chi connectivity index (χ0v) is 14.4. The van der Waals surface area contributed by atoms with Crippen molar-refractivity contribution < 1.29 is 0 Å². The summed E-state index contributed by atoms with van der Waals surface area (Å²) in [6.07, 6.45) is 2.22. The van der Waals surface area contributed by atoms with Gasteiger partial charge in [-0.25, -0.2) is 0 Å². The molecular formula is C19H20N4O2. The van der Waals surface area contributed by atoms with Crippen molar-refractivity contribution in [3.63, 3.8) is 0 Å². The minimum Gasteiger partial charge on any atom is -0.302 e. The second kappa shape index (κ2) is 5.95. The van der Waals surface area contributed by atoms with Crippen molar-refractivity contribution in [2.45, 2.75) is 45.7 Å². The molecule has 0 saturated heterocycles. The summed E-state index contributed by atoms with van der Waals surface area (Å²) >= 11 is 0. The predicted molar refractivity (Wildman–Crippen MR) is 96.0 cm³/mol. The molecule has 2 aromatic heterocycles. The van der Waals surface area contributed by atoms with Crippen LogP contribution in [0.25, 0.3) is 11.0 Å². The summed E-state index contributed by atoms with van der Waals surface area (Å²) in [6, 6.07) is 9.53. The summed E-state index contributed by atoms with van der Waals surface area (Å²) in [5.41, 5.74) is 3.34. The fourth-order valence-electron chi connectivity index (χ4n) is 3.39. The topological polar surface area (TPSA) is 69.8 Å². The number of rotatable bonds is 4. The van der Waals surface area contributed by atoms with Crippen LogP contribution in [0.4, 0.5) is 0 Å². The number of nitrogens with zero attached hydrogens (tertiary/aromatic N) is 4. The number of aryl methyl sites for hydroxylation is 2. The molecule has 3 aromatic rings. The summed E-state index contributed by atoms with van der Waals surface area (Å²) in [6.45, 7) is 4.59. The summed E-state index contributed by atoms with van der Waals surface area (Å²) in [5, 5.41) is 8.52. The van der Waals surface area contributed by atoms with Gasteiger partial charge in [-0.15, -0.1) is 0 Å². The van der Waals surface area contributed by atoms with Crippen LogP contribution in [-0.4, -0.2) is 19.3 Å². The van der Waals surface area contributed by atoms with E-state index in [9.17, 15) is 9.59 Å². The van der Waals surface area contributed by atoms with E-state index in [1.54, 1.807) is 4.57 Å². The van der Waals surface area contributed by atoms with E-state index in [0.717, 1.165) is 40.8 Å². The first-order valence-electron chi connectivity index (χ1n) is 8.65. The molecule has 0 N–H and O–H groups in total. The monoisotopic (exact) mass is 336 g/mol. The van der Waals surface area contributed by atoms with Crippen molar-refractivity contribution in [3.8, 4) is 0 Å². The molecular weight excluding hydrogens is 316 g/mol. The minimum absolute atomic E-state index is 0.349. The lowest BCUT2D eigenvalue weighted by Gasteiger charge is -2.15. The zero-order valence-electron chi connectivity index (χ0n) is 14.4. The smallest absolute Gasteiger partial charge is 0.302 e. The molecule has 6 nitrogen and oxygen atoms in total. The second-order valence-electron chi connectivity index (χ2n) is 6.60. The van der Waals surface area contributed by atoms with Gasteiger partial charge in [0, 0.05) is 12.5 Å². The van der Waals surface area contributed by atoms with E-state index in [1.807, 2.05) is 44.2 Å². The van der Waals surface area contributed by atoms with Crippen LogP contribution in [0.2, 0.25) is 0 Å². The molecule has 25 heavy (non-hydrogen) atoms. The fraction of sp³-hybridized carbons (Fsp3) is 0.368. The Labute approximate surface area is 144 Å². The van der Waals surface area contributed by atoms with Crippen LogP contribution in [0.5, 0.6) is 0 Å². The molecule has 4 rings (SSSR count). The second-order valence-corrected chi connectivity index (χ2v) is 6.60. The molecule has 0 atom stereocenters. The molecule has 1 saturated carbocycles. The Morgan fingerprint density at radius 3 is 2.32 bits per heavy atom. The van der Waals surface area contributed by atoms with Crippen LogP contribution in [-0.2, 0) is 13.1 Å². The van der Waals surface area contributed by atoms with E-state index >= 15 is 0 Å². The number of fused-ring (bicyclic) bond motifs is 1. The van der Waals surface area contributed by atoms with Gasteiger partial charge in [-0.2, -0.15) is 10.2 Å². The maximum atomic E-state index is 12.7. The third-order valence-corrected chi connectivity index (χ3v) is 4.77. The highest BCUT2D eigenvalue weighted by Crippen LogP contribution is 2.40. The molecule has 0 bridgehead atoms. The molecule has 1 aliphatic carbocycles. The first-order valence-corrected chi connectivity index (χ1v) is 8.65. The average molecular weight is 336 g/mol. The lowest BCUT2D eigenvalue weighted by Crippen LogP contribution is -2.41. The molecule has 0 amide bonds. The third kappa shape index (κ3) is 2.67. The molecule has 0 aliphatic heterocycles. The Hall–Kier alpha value is -2.76. The molecule has 0 radical (unpaired) electrons. The number of aromatic nitrogens is 4. The van der Waals surface area contributed by atoms with Crippen LogP contribution in [0.1, 0.15) is 42.6 Å². The van der Waals surface area contributed by atoms with Crippen molar-refractivity contribution in [1.82, 2.24) is 19.3 Å². The number of hydrogen-bond acceptors (Lipinski definition) is 4. The predicted octanol–water partition coefficient (Wildman–Crippen LogP) is 2.21. The standard InChI is InChI=1S/C19H20N4O2/c1-3-22-15-6-4-5-7-16(15)23(19(25)18(22)24)11-14-10-12(2)20-21-17(14)13-8-9-13/h4-7,10,13H,3,8-9,11H2,1-2H3. The largest absolute Gasteiger partial charge is 0.317 e. The van der Waals surface area contributed by atoms with Gasteiger partial charge in [-0.3, -0.25) is 14.2 Å². The molecule has 1 aromatic carbocycles. The van der Waals surface area contributed by atoms with Crippen LogP contribution in [0, 0.1) is 6.92 Å². The lowest BCUT2D eigenvalue weighted by molar-refractivity contribution is 0.687. The maximum Gasteiger partial charge on any atom is 0.317 e. The summed E-state index contributed by atoms with van der Waals surface area (Å²) in [4.78, 5) is 25.3. The van der Waals surface area contributed by atoms with E-state index in [2.05, 4.69) is 10.2 Å². The van der Waals surface area contributed by atoms with Gasteiger partial charge in [0.15, 0.2) is 0 Å². The van der Waals surface area contributed by atoms with Gasteiger partial charge in [0.05, 0.1) is 29.0 Å². The quantitative estimate of drug-likeness (QED) is 0.685. The number of benzene rings is 1. The molecule has 1 fully saturated rings. The lowest BCUT2D eigenvalue weighted by atomic mass is 10.1. The van der Waals surface area contributed by atoms with E-state index < -0.39 is 11.1 Å². The Morgan fingerprint density at radius 1 is 1.04 bits per heavy atom. The van der Waals surface area contributed by atoms with E-state index in [-0.39, 0.29) is 0 Å². The number of para-hydroxylation sites is 2. The maximum absolute atomic E-state index is 12.7. The molecule has 0 unspecified atom stereocenters. The van der Waals surface area contributed by atoms with Crippen LogP contribution in [0.3, 0.4) is 0 Å². The van der Waals surface area contributed by atoms with Gasteiger partial charge in [0.25, 0.3) is 0 Å². The van der Waals surface area contributed by atoms with Crippen molar-refractivity contribution in [2.24, 2.45) is 0 Å². The molecule has 6 heteroatoms. The van der Waals surface area contributed by atoms with Gasteiger partial charge in [0.1, 0.15) is 0 Å².